The van der Waals surface area contributed by atoms with Gasteiger partial charge in [-0.25, -0.2) is 0 Å². The third kappa shape index (κ3) is 3.34. The molecule has 1 saturated carbocycles. The van der Waals surface area contributed by atoms with Gasteiger partial charge in [0.05, 0.1) is 0 Å². The van der Waals surface area contributed by atoms with Crippen molar-refractivity contribution in [2.45, 2.75) is 64.8 Å². The zero-order valence-electron chi connectivity index (χ0n) is 13.7. The molecule has 1 amide bonds. The molecule has 0 radical (unpaired) electrons. The summed E-state index contributed by atoms with van der Waals surface area (Å²) in [6.07, 6.45) is 7.53. The summed E-state index contributed by atoms with van der Waals surface area (Å²) in [5.74, 6) is 0.202. The molecule has 22 heavy (non-hydrogen) atoms. The quantitative estimate of drug-likeness (QED) is 0.874. The highest BCUT2D eigenvalue weighted by molar-refractivity contribution is 5.86. The summed E-state index contributed by atoms with van der Waals surface area (Å²) in [7, 11) is 0. The Balaban J connectivity index is 1.64. The molecule has 1 aliphatic carbocycles. The van der Waals surface area contributed by atoms with Crippen molar-refractivity contribution in [1.82, 2.24) is 10.3 Å². The molecule has 1 aromatic heterocycles. The summed E-state index contributed by atoms with van der Waals surface area (Å²) in [6, 6.07) is 6.88. The minimum Gasteiger partial charge on any atom is -0.358 e. The van der Waals surface area contributed by atoms with Crippen LogP contribution in [0.2, 0.25) is 0 Å². The van der Waals surface area contributed by atoms with Crippen LogP contribution in [0, 0.1) is 13.8 Å². The summed E-state index contributed by atoms with van der Waals surface area (Å²) < 4.78 is 0. The smallest absolute Gasteiger partial charge is 0.220 e. The number of hydrogen-bond donors (Lipinski definition) is 2. The molecule has 0 aliphatic heterocycles. The molecule has 1 fully saturated rings. The number of aryl methyl sites for hydroxylation is 3. The minimum absolute atomic E-state index is 0.202. The molecule has 0 unspecified atom stereocenters. The largest absolute Gasteiger partial charge is 0.358 e. The predicted octanol–water partition coefficient (Wildman–Crippen LogP) is 4.17. The third-order valence-corrected chi connectivity index (χ3v) is 4.85. The monoisotopic (exact) mass is 298 g/mol. The van der Waals surface area contributed by atoms with E-state index >= 15 is 0 Å². The molecule has 2 aromatic rings. The van der Waals surface area contributed by atoms with E-state index in [0.29, 0.717) is 12.5 Å². The number of carbonyl (C=O) groups is 1. The number of nitrogens with one attached hydrogen (secondary N) is 2. The Hall–Kier alpha value is -1.77. The van der Waals surface area contributed by atoms with Crippen LogP contribution in [0.5, 0.6) is 0 Å². The SMILES string of the molecule is Cc1ccc2[nH]c(C)c(CCC(=O)NC3CCCCC3)c2c1. The molecule has 3 rings (SSSR count). The molecule has 0 atom stereocenters. The number of aromatic amines is 1. The van der Waals surface area contributed by atoms with Crippen molar-refractivity contribution in [3.8, 4) is 0 Å². The van der Waals surface area contributed by atoms with Gasteiger partial charge in [-0.15, -0.1) is 0 Å². The average Bonchev–Trinajstić information content (AvgIpc) is 2.81. The van der Waals surface area contributed by atoms with Gasteiger partial charge in [0.1, 0.15) is 0 Å². The van der Waals surface area contributed by atoms with Crippen LogP contribution in [0.4, 0.5) is 0 Å². The molecule has 1 heterocycles. The molecular weight excluding hydrogens is 272 g/mol. The molecule has 3 heteroatoms. The highest BCUT2D eigenvalue weighted by Crippen LogP contribution is 2.24. The van der Waals surface area contributed by atoms with Crippen LogP contribution in [0.3, 0.4) is 0 Å². The van der Waals surface area contributed by atoms with E-state index in [-0.39, 0.29) is 5.91 Å². The lowest BCUT2D eigenvalue weighted by molar-refractivity contribution is -0.121. The van der Waals surface area contributed by atoms with Crippen molar-refractivity contribution in [3.05, 3.63) is 35.0 Å². The zero-order valence-corrected chi connectivity index (χ0v) is 13.7. The van der Waals surface area contributed by atoms with Gasteiger partial charge in [-0.2, -0.15) is 0 Å². The summed E-state index contributed by atoms with van der Waals surface area (Å²) in [5.41, 5.74) is 4.91. The zero-order chi connectivity index (χ0) is 15.5. The number of H-pyrrole nitrogens is 1. The lowest BCUT2D eigenvalue weighted by Gasteiger charge is -2.22. The number of rotatable bonds is 4. The summed E-state index contributed by atoms with van der Waals surface area (Å²) in [4.78, 5) is 15.6. The van der Waals surface area contributed by atoms with E-state index in [4.69, 9.17) is 0 Å². The van der Waals surface area contributed by atoms with Gasteiger partial charge in [0.15, 0.2) is 0 Å². The molecule has 0 saturated heterocycles. The Morgan fingerprint density at radius 3 is 2.77 bits per heavy atom. The number of amides is 1. The predicted molar refractivity (Wildman–Crippen MR) is 91.1 cm³/mol. The Morgan fingerprint density at radius 2 is 2.00 bits per heavy atom. The van der Waals surface area contributed by atoms with Gasteiger partial charge in [0.25, 0.3) is 0 Å². The molecule has 0 spiro atoms. The number of fused-ring (bicyclic) bond motifs is 1. The number of benzene rings is 1. The second-order valence-electron chi connectivity index (χ2n) is 6.68. The van der Waals surface area contributed by atoms with E-state index in [1.54, 1.807) is 0 Å². The first kappa shape index (κ1) is 15.1. The van der Waals surface area contributed by atoms with Gasteiger partial charge < -0.3 is 10.3 Å². The maximum absolute atomic E-state index is 12.2. The molecule has 0 bridgehead atoms. The normalized spacial score (nSPS) is 16.1. The fraction of sp³-hybridized carbons (Fsp3) is 0.526. The summed E-state index contributed by atoms with van der Waals surface area (Å²) in [6.45, 7) is 4.21. The Labute approximate surface area is 132 Å². The maximum atomic E-state index is 12.2. The summed E-state index contributed by atoms with van der Waals surface area (Å²) in [5, 5.41) is 4.48. The van der Waals surface area contributed by atoms with E-state index < -0.39 is 0 Å². The Kier molecular flexibility index (Phi) is 4.51. The van der Waals surface area contributed by atoms with Crippen LogP contribution in [0.1, 0.15) is 55.3 Å². The third-order valence-electron chi connectivity index (χ3n) is 4.85. The van der Waals surface area contributed by atoms with Gasteiger partial charge >= 0.3 is 0 Å². The maximum Gasteiger partial charge on any atom is 0.220 e. The van der Waals surface area contributed by atoms with Crippen molar-refractivity contribution in [1.29, 1.82) is 0 Å². The van der Waals surface area contributed by atoms with Crippen molar-refractivity contribution < 1.29 is 4.79 Å². The lowest BCUT2D eigenvalue weighted by atomic mass is 9.95. The minimum atomic E-state index is 0.202. The van der Waals surface area contributed by atoms with Crippen LogP contribution in [-0.4, -0.2) is 16.9 Å². The van der Waals surface area contributed by atoms with Crippen LogP contribution in [-0.2, 0) is 11.2 Å². The molecular formula is C19H26N2O. The molecule has 3 nitrogen and oxygen atoms in total. The fourth-order valence-corrected chi connectivity index (χ4v) is 3.60. The fourth-order valence-electron chi connectivity index (χ4n) is 3.60. The van der Waals surface area contributed by atoms with E-state index in [2.05, 4.69) is 42.3 Å². The van der Waals surface area contributed by atoms with E-state index in [0.717, 1.165) is 19.3 Å². The standard InChI is InChI=1S/C19H26N2O/c1-13-8-10-18-17(12-13)16(14(2)20-18)9-11-19(22)21-15-6-4-3-5-7-15/h8,10,12,15,20H,3-7,9,11H2,1-2H3,(H,21,22). The Bertz CT molecular complexity index is 665. The first-order valence-electron chi connectivity index (χ1n) is 8.50. The number of hydrogen-bond acceptors (Lipinski definition) is 1. The van der Waals surface area contributed by atoms with Crippen LogP contribution in [0.15, 0.2) is 18.2 Å². The van der Waals surface area contributed by atoms with Crippen LogP contribution < -0.4 is 5.32 Å². The van der Waals surface area contributed by atoms with E-state index in [1.165, 1.54) is 47.0 Å². The van der Waals surface area contributed by atoms with E-state index in [1.807, 2.05) is 0 Å². The van der Waals surface area contributed by atoms with Crippen molar-refractivity contribution >= 4 is 16.8 Å². The average molecular weight is 298 g/mol. The molecule has 1 aromatic carbocycles. The van der Waals surface area contributed by atoms with Gasteiger partial charge in [-0.3, -0.25) is 4.79 Å². The first-order valence-corrected chi connectivity index (χ1v) is 8.50. The van der Waals surface area contributed by atoms with Crippen LogP contribution in [0.25, 0.3) is 10.9 Å². The highest BCUT2D eigenvalue weighted by Gasteiger charge is 2.16. The second-order valence-corrected chi connectivity index (χ2v) is 6.68. The number of aromatic nitrogens is 1. The van der Waals surface area contributed by atoms with Gasteiger partial charge in [0, 0.05) is 29.1 Å². The first-order chi connectivity index (χ1) is 10.6. The highest BCUT2D eigenvalue weighted by atomic mass is 16.1. The van der Waals surface area contributed by atoms with Crippen molar-refractivity contribution in [3.63, 3.8) is 0 Å². The lowest BCUT2D eigenvalue weighted by Crippen LogP contribution is -2.36. The topological polar surface area (TPSA) is 44.9 Å². The molecule has 1 aliphatic rings. The summed E-state index contributed by atoms with van der Waals surface area (Å²) >= 11 is 0. The van der Waals surface area contributed by atoms with Gasteiger partial charge in [-0.05, 0) is 50.8 Å². The van der Waals surface area contributed by atoms with Gasteiger partial charge in [-0.1, -0.05) is 30.9 Å². The molecule has 118 valence electrons. The van der Waals surface area contributed by atoms with Crippen molar-refractivity contribution in [2.75, 3.05) is 0 Å². The molecule has 2 N–H and O–H groups in total. The van der Waals surface area contributed by atoms with Crippen LogP contribution >= 0.6 is 0 Å². The Morgan fingerprint density at radius 1 is 1.23 bits per heavy atom. The van der Waals surface area contributed by atoms with Crippen molar-refractivity contribution in [2.24, 2.45) is 0 Å². The van der Waals surface area contributed by atoms with E-state index in [9.17, 15) is 4.79 Å². The number of carbonyl (C=O) groups excluding carboxylic acids is 1. The second kappa shape index (κ2) is 6.55. The van der Waals surface area contributed by atoms with Gasteiger partial charge in [0.2, 0.25) is 5.91 Å².